The maximum atomic E-state index is 12.2. The van der Waals surface area contributed by atoms with Gasteiger partial charge in [-0.25, -0.2) is 4.79 Å². The number of carboxylic acid groups (broad SMARTS) is 1. The molecule has 0 spiro atoms. The van der Waals surface area contributed by atoms with Crippen LogP contribution in [0.5, 0.6) is 0 Å². The van der Waals surface area contributed by atoms with Gasteiger partial charge in [-0.1, -0.05) is 32.7 Å². The van der Waals surface area contributed by atoms with E-state index in [1.54, 1.807) is 11.9 Å². The maximum Gasteiger partial charge on any atom is 0.490 e. The average molecular weight is 382 g/mol. The van der Waals surface area contributed by atoms with Gasteiger partial charge < -0.3 is 10.4 Å². The lowest BCUT2D eigenvalue weighted by molar-refractivity contribution is -0.192. The van der Waals surface area contributed by atoms with E-state index in [2.05, 4.69) is 30.8 Å². The summed E-state index contributed by atoms with van der Waals surface area (Å²) in [6.45, 7) is 7.12. The van der Waals surface area contributed by atoms with Crippen LogP contribution in [0.3, 0.4) is 0 Å². The Labute approximate surface area is 149 Å². The first kappa shape index (κ1) is 20.4. The van der Waals surface area contributed by atoms with E-state index in [1.807, 2.05) is 0 Å². The van der Waals surface area contributed by atoms with Gasteiger partial charge in [0, 0.05) is 11.8 Å². The number of hydrogen-bond donors (Lipinski definition) is 3. The molecule has 1 aliphatic heterocycles. The summed E-state index contributed by atoms with van der Waals surface area (Å²) in [7, 11) is 0. The SMILES string of the molecule is C[C@@H]1[C@@H](NC(=O)C2CCSN2)C[C@H]2C[C@@H]1C2(C)C.O=C(O)C(F)(F)F. The predicted molar refractivity (Wildman–Crippen MR) is 88.8 cm³/mol. The molecule has 1 amide bonds. The largest absolute Gasteiger partial charge is 0.490 e. The van der Waals surface area contributed by atoms with Gasteiger partial charge in [0.25, 0.3) is 0 Å². The number of alkyl halides is 3. The van der Waals surface area contributed by atoms with Crippen molar-refractivity contribution in [1.82, 2.24) is 10.0 Å². The van der Waals surface area contributed by atoms with E-state index in [1.165, 1.54) is 12.8 Å². The molecule has 0 radical (unpaired) electrons. The minimum absolute atomic E-state index is 0.0356. The molecule has 1 unspecified atom stereocenters. The number of carboxylic acids is 1. The van der Waals surface area contributed by atoms with Gasteiger partial charge in [0.1, 0.15) is 0 Å². The fourth-order valence-electron chi connectivity index (χ4n) is 4.20. The molecule has 5 atom stereocenters. The molecule has 0 aromatic heterocycles. The lowest BCUT2D eigenvalue weighted by atomic mass is 9.45. The molecule has 4 rings (SSSR count). The molecule has 25 heavy (non-hydrogen) atoms. The number of fused-ring (bicyclic) bond motifs is 2. The van der Waals surface area contributed by atoms with Crippen molar-refractivity contribution < 1.29 is 27.9 Å². The van der Waals surface area contributed by atoms with Crippen LogP contribution in [0, 0.1) is 23.2 Å². The zero-order chi connectivity index (χ0) is 19.0. The second-order valence-electron chi connectivity index (χ2n) is 7.68. The highest BCUT2D eigenvalue weighted by molar-refractivity contribution is 7.97. The quantitative estimate of drug-likeness (QED) is 0.640. The summed E-state index contributed by atoms with van der Waals surface area (Å²) in [5, 5.41) is 10.4. The summed E-state index contributed by atoms with van der Waals surface area (Å²) >= 11 is 1.67. The monoisotopic (exact) mass is 382 g/mol. The highest BCUT2D eigenvalue weighted by atomic mass is 32.2. The third-order valence-corrected chi connectivity index (χ3v) is 6.87. The second-order valence-corrected chi connectivity index (χ2v) is 8.61. The summed E-state index contributed by atoms with van der Waals surface area (Å²) in [4.78, 5) is 21.1. The maximum absolute atomic E-state index is 12.2. The first-order valence-electron chi connectivity index (χ1n) is 8.42. The molecule has 5 nitrogen and oxygen atoms in total. The molecule has 4 aliphatic rings. The van der Waals surface area contributed by atoms with E-state index in [0.717, 1.165) is 24.0 Å². The van der Waals surface area contributed by atoms with E-state index in [-0.39, 0.29) is 11.9 Å². The van der Waals surface area contributed by atoms with Crippen molar-refractivity contribution in [3.8, 4) is 0 Å². The van der Waals surface area contributed by atoms with Crippen LogP contribution in [-0.4, -0.2) is 41.0 Å². The highest BCUT2D eigenvalue weighted by Crippen LogP contribution is 2.61. The van der Waals surface area contributed by atoms with Crippen LogP contribution in [0.4, 0.5) is 13.2 Å². The molecular formula is C16H25F3N2O3S. The Morgan fingerprint density at radius 1 is 1.28 bits per heavy atom. The van der Waals surface area contributed by atoms with Crippen molar-refractivity contribution in [2.24, 2.45) is 23.2 Å². The van der Waals surface area contributed by atoms with Crippen molar-refractivity contribution in [3.63, 3.8) is 0 Å². The van der Waals surface area contributed by atoms with Crippen molar-refractivity contribution in [2.75, 3.05) is 5.75 Å². The smallest absolute Gasteiger partial charge is 0.475 e. The molecule has 4 fully saturated rings. The minimum atomic E-state index is -5.08. The van der Waals surface area contributed by atoms with Crippen LogP contribution in [0.2, 0.25) is 0 Å². The molecule has 3 saturated carbocycles. The summed E-state index contributed by atoms with van der Waals surface area (Å²) in [5.41, 5.74) is 0.502. The summed E-state index contributed by atoms with van der Waals surface area (Å²) < 4.78 is 34.9. The number of carbonyl (C=O) groups excluding carboxylic acids is 1. The molecule has 9 heteroatoms. The third kappa shape index (κ3) is 4.42. The molecule has 1 heterocycles. The summed E-state index contributed by atoms with van der Waals surface area (Å²) in [6, 6.07) is 0.440. The lowest BCUT2D eigenvalue weighted by Gasteiger charge is -2.62. The molecular weight excluding hydrogens is 357 g/mol. The molecule has 2 bridgehead atoms. The van der Waals surface area contributed by atoms with Gasteiger partial charge in [-0.2, -0.15) is 13.2 Å². The van der Waals surface area contributed by atoms with Gasteiger partial charge in [0.15, 0.2) is 0 Å². The van der Waals surface area contributed by atoms with Gasteiger partial charge in [-0.15, -0.1) is 0 Å². The van der Waals surface area contributed by atoms with Gasteiger partial charge in [0.05, 0.1) is 6.04 Å². The van der Waals surface area contributed by atoms with Gasteiger partial charge in [-0.3, -0.25) is 9.52 Å². The van der Waals surface area contributed by atoms with Crippen molar-refractivity contribution in [1.29, 1.82) is 0 Å². The predicted octanol–water partition coefficient (Wildman–Crippen LogP) is 2.82. The zero-order valence-corrected chi connectivity index (χ0v) is 15.3. The van der Waals surface area contributed by atoms with Crippen LogP contribution >= 0.6 is 11.9 Å². The Kier molecular flexibility index (Phi) is 5.98. The third-order valence-electron chi connectivity index (χ3n) is 5.97. The fraction of sp³-hybridized carbons (Fsp3) is 0.875. The molecule has 3 aliphatic carbocycles. The van der Waals surface area contributed by atoms with Crippen LogP contribution in [0.25, 0.3) is 0 Å². The first-order chi connectivity index (χ1) is 11.4. The fourth-order valence-corrected chi connectivity index (χ4v) is 5.10. The normalized spacial score (nSPS) is 35.8. The average Bonchev–Trinajstić information content (AvgIpc) is 3.02. The number of rotatable bonds is 2. The summed E-state index contributed by atoms with van der Waals surface area (Å²) in [5.74, 6) is 0.755. The Hall–Kier alpha value is -0.960. The number of amides is 1. The van der Waals surface area contributed by atoms with Crippen LogP contribution in [0.15, 0.2) is 0 Å². The van der Waals surface area contributed by atoms with E-state index < -0.39 is 12.1 Å². The molecule has 0 aromatic rings. The standard InChI is InChI=1S/C14H24N2OS.C2HF3O2/c1-8-10-6-9(14(10,2)3)7-12(8)15-13(17)11-4-5-18-16-11;3-2(4,5)1(6)7/h8-12,16H,4-7H2,1-3H3,(H,15,17);(H,6,7)/t8-,9+,10-,11?,12-;/m0./s1. The Morgan fingerprint density at radius 3 is 2.28 bits per heavy atom. The number of aliphatic carboxylic acids is 1. The number of carbonyl (C=O) groups is 2. The van der Waals surface area contributed by atoms with E-state index in [0.29, 0.717) is 17.4 Å². The van der Waals surface area contributed by atoms with Gasteiger partial charge >= 0.3 is 12.1 Å². The second kappa shape index (κ2) is 7.34. The van der Waals surface area contributed by atoms with Crippen molar-refractivity contribution >= 4 is 23.8 Å². The van der Waals surface area contributed by atoms with Gasteiger partial charge in [-0.05, 0) is 42.4 Å². The van der Waals surface area contributed by atoms with Crippen molar-refractivity contribution in [2.45, 2.75) is 58.3 Å². The number of nitrogens with one attached hydrogen (secondary N) is 2. The topological polar surface area (TPSA) is 78.4 Å². The number of halogens is 3. The molecule has 1 saturated heterocycles. The van der Waals surface area contributed by atoms with Crippen LogP contribution in [-0.2, 0) is 9.59 Å². The van der Waals surface area contributed by atoms with Crippen LogP contribution < -0.4 is 10.0 Å². The Morgan fingerprint density at radius 2 is 1.88 bits per heavy atom. The minimum Gasteiger partial charge on any atom is -0.475 e. The summed E-state index contributed by atoms with van der Waals surface area (Å²) in [6.07, 6.45) is -1.57. The molecule has 3 N–H and O–H groups in total. The first-order valence-corrected chi connectivity index (χ1v) is 9.41. The zero-order valence-electron chi connectivity index (χ0n) is 14.5. The Bertz CT molecular complexity index is 521. The Balaban J connectivity index is 0.000000277. The van der Waals surface area contributed by atoms with E-state index >= 15 is 0 Å². The van der Waals surface area contributed by atoms with E-state index in [4.69, 9.17) is 9.90 Å². The van der Waals surface area contributed by atoms with Crippen LogP contribution in [0.1, 0.15) is 40.0 Å². The lowest BCUT2D eigenvalue weighted by Crippen LogP contribution is -2.61. The highest BCUT2D eigenvalue weighted by Gasteiger charge is 2.56. The van der Waals surface area contributed by atoms with Crippen molar-refractivity contribution in [3.05, 3.63) is 0 Å². The number of hydrogen-bond acceptors (Lipinski definition) is 4. The molecule has 144 valence electrons. The van der Waals surface area contributed by atoms with Gasteiger partial charge in [0.2, 0.25) is 5.91 Å². The molecule has 0 aromatic carbocycles. The van der Waals surface area contributed by atoms with E-state index in [9.17, 15) is 18.0 Å².